The molecule has 0 radical (unpaired) electrons. The van der Waals surface area contributed by atoms with E-state index in [1.54, 1.807) is 29.1 Å². The minimum atomic E-state index is 0.550. The van der Waals surface area contributed by atoms with Gasteiger partial charge in [0.15, 0.2) is 0 Å². The van der Waals surface area contributed by atoms with E-state index in [0.717, 1.165) is 16.9 Å². The Balaban J connectivity index is 2.02. The molecule has 1 heterocycles. The first-order chi connectivity index (χ1) is 9.61. The zero-order valence-corrected chi connectivity index (χ0v) is 11.8. The standard InChI is InChI=1S/C14H10Cl2N4/c15-10-5-11(16)7-13(6-10)20-8-14(18-19-20)9-2-1-3-12(17)4-9/h1-8H,17H2. The smallest absolute Gasteiger partial charge is 0.113 e. The van der Waals surface area contributed by atoms with Crippen molar-refractivity contribution in [2.45, 2.75) is 0 Å². The van der Waals surface area contributed by atoms with Crippen molar-refractivity contribution in [1.29, 1.82) is 0 Å². The summed E-state index contributed by atoms with van der Waals surface area (Å²) in [5, 5.41) is 9.32. The second kappa shape index (κ2) is 5.15. The zero-order chi connectivity index (χ0) is 14.1. The highest BCUT2D eigenvalue weighted by molar-refractivity contribution is 6.34. The van der Waals surface area contributed by atoms with Gasteiger partial charge in [0, 0.05) is 21.3 Å². The van der Waals surface area contributed by atoms with Crippen molar-refractivity contribution >= 4 is 28.9 Å². The molecule has 0 unspecified atom stereocenters. The first kappa shape index (κ1) is 13.0. The highest BCUT2D eigenvalue weighted by Crippen LogP contribution is 2.23. The van der Waals surface area contributed by atoms with Crippen LogP contribution in [-0.4, -0.2) is 15.0 Å². The van der Waals surface area contributed by atoms with E-state index in [0.29, 0.717) is 15.7 Å². The van der Waals surface area contributed by atoms with Crippen LogP contribution in [0.1, 0.15) is 0 Å². The summed E-state index contributed by atoms with van der Waals surface area (Å²) in [4.78, 5) is 0. The third-order valence-electron chi connectivity index (χ3n) is 2.79. The number of rotatable bonds is 2. The Bertz CT molecular complexity index is 747. The van der Waals surface area contributed by atoms with Gasteiger partial charge in [0.05, 0.1) is 11.9 Å². The van der Waals surface area contributed by atoms with E-state index in [4.69, 9.17) is 28.9 Å². The molecule has 2 aromatic carbocycles. The molecule has 1 aromatic heterocycles. The summed E-state index contributed by atoms with van der Waals surface area (Å²) in [6, 6.07) is 12.7. The fourth-order valence-corrected chi connectivity index (χ4v) is 2.41. The van der Waals surface area contributed by atoms with Crippen LogP contribution in [0.4, 0.5) is 5.69 Å². The molecule has 0 bridgehead atoms. The van der Waals surface area contributed by atoms with E-state index < -0.39 is 0 Å². The van der Waals surface area contributed by atoms with Gasteiger partial charge in [-0.3, -0.25) is 0 Å². The van der Waals surface area contributed by atoms with E-state index in [9.17, 15) is 0 Å². The third kappa shape index (κ3) is 2.61. The van der Waals surface area contributed by atoms with Gasteiger partial charge in [0.2, 0.25) is 0 Å². The van der Waals surface area contributed by atoms with Crippen LogP contribution in [0, 0.1) is 0 Å². The topological polar surface area (TPSA) is 56.7 Å². The molecule has 3 aromatic rings. The van der Waals surface area contributed by atoms with Gasteiger partial charge in [-0.1, -0.05) is 40.5 Å². The minimum absolute atomic E-state index is 0.550. The Morgan fingerprint density at radius 3 is 2.45 bits per heavy atom. The Morgan fingerprint density at radius 2 is 1.75 bits per heavy atom. The molecular weight excluding hydrogens is 295 g/mol. The van der Waals surface area contributed by atoms with E-state index in [1.807, 2.05) is 24.3 Å². The number of halogens is 2. The summed E-state index contributed by atoms with van der Waals surface area (Å²) in [5.41, 5.74) is 8.84. The molecule has 0 aliphatic rings. The fraction of sp³-hybridized carbons (Fsp3) is 0. The Labute approximate surface area is 125 Å². The summed E-state index contributed by atoms with van der Waals surface area (Å²) in [6.45, 7) is 0. The van der Waals surface area contributed by atoms with Gasteiger partial charge in [-0.05, 0) is 30.3 Å². The maximum Gasteiger partial charge on any atom is 0.113 e. The molecule has 0 saturated carbocycles. The first-order valence-electron chi connectivity index (χ1n) is 5.86. The van der Waals surface area contributed by atoms with Crippen molar-refractivity contribution < 1.29 is 0 Å². The third-order valence-corrected chi connectivity index (χ3v) is 3.22. The monoisotopic (exact) mass is 304 g/mol. The number of nitrogens with two attached hydrogens (primary N) is 1. The molecule has 0 fully saturated rings. The van der Waals surface area contributed by atoms with Crippen molar-refractivity contribution in [1.82, 2.24) is 15.0 Å². The molecule has 0 aliphatic heterocycles. The largest absolute Gasteiger partial charge is 0.399 e. The normalized spacial score (nSPS) is 10.7. The predicted octanol–water partition coefficient (Wildman–Crippen LogP) is 3.82. The average molecular weight is 305 g/mol. The molecule has 100 valence electrons. The summed E-state index contributed by atoms with van der Waals surface area (Å²) in [7, 11) is 0. The van der Waals surface area contributed by atoms with Crippen LogP contribution in [0.5, 0.6) is 0 Å². The second-order valence-electron chi connectivity index (χ2n) is 4.30. The maximum absolute atomic E-state index is 5.98. The van der Waals surface area contributed by atoms with Crippen LogP contribution >= 0.6 is 23.2 Å². The molecule has 6 heteroatoms. The molecule has 3 rings (SSSR count). The molecule has 0 saturated heterocycles. The number of anilines is 1. The number of nitrogens with zero attached hydrogens (tertiary/aromatic N) is 3. The summed E-state index contributed by atoms with van der Waals surface area (Å²) in [5.74, 6) is 0. The zero-order valence-electron chi connectivity index (χ0n) is 10.3. The summed E-state index contributed by atoms with van der Waals surface area (Å²) >= 11 is 12.0. The van der Waals surface area contributed by atoms with Gasteiger partial charge in [-0.15, -0.1) is 5.10 Å². The maximum atomic E-state index is 5.98. The molecule has 0 aliphatic carbocycles. The van der Waals surface area contributed by atoms with Crippen molar-refractivity contribution in [3.63, 3.8) is 0 Å². The number of hydrogen-bond donors (Lipinski definition) is 1. The van der Waals surface area contributed by atoms with Gasteiger partial charge in [0.1, 0.15) is 5.69 Å². The Hall–Kier alpha value is -2.04. The molecule has 20 heavy (non-hydrogen) atoms. The van der Waals surface area contributed by atoms with Crippen LogP contribution in [0.15, 0.2) is 48.7 Å². The SMILES string of the molecule is Nc1cccc(-c2cn(-c3cc(Cl)cc(Cl)c3)nn2)c1. The molecule has 4 nitrogen and oxygen atoms in total. The lowest BCUT2D eigenvalue weighted by Crippen LogP contribution is -1.94. The molecular formula is C14H10Cl2N4. The van der Waals surface area contributed by atoms with Crippen molar-refractivity contribution in [3.05, 3.63) is 58.7 Å². The van der Waals surface area contributed by atoms with Crippen LogP contribution in [0.25, 0.3) is 16.9 Å². The van der Waals surface area contributed by atoms with Crippen LogP contribution in [-0.2, 0) is 0 Å². The van der Waals surface area contributed by atoms with Crippen LogP contribution < -0.4 is 5.73 Å². The fourth-order valence-electron chi connectivity index (χ4n) is 1.89. The van der Waals surface area contributed by atoms with Gasteiger partial charge in [0.25, 0.3) is 0 Å². The number of benzene rings is 2. The van der Waals surface area contributed by atoms with E-state index in [1.165, 1.54) is 0 Å². The van der Waals surface area contributed by atoms with Gasteiger partial charge in [-0.2, -0.15) is 0 Å². The number of aromatic nitrogens is 3. The van der Waals surface area contributed by atoms with Crippen molar-refractivity contribution in [3.8, 4) is 16.9 Å². The average Bonchev–Trinajstić information content (AvgIpc) is 2.87. The van der Waals surface area contributed by atoms with Crippen LogP contribution in [0.2, 0.25) is 10.0 Å². The number of nitrogen functional groups attached to an aromatic ring is 1. The lowest BCUT2D eigenvalue weighted by molar-refractivity contribution is 0.804. The van der Waals surface area contributed by atoms with Crippen LogP contribution in [0.3, 0.4) is 0 Å². The molecule has 0 atom stereocenters. The Kier molecular flexibility index (Phi) is 3.34. The van der Waals surface area contributed by atoms with E-state index >= 15 is 0 Å². The quantitative estimate of drug-likeness (QED) is 0.732. The first-order valence-corrected chi connectivity index (χ1v) is 6.62. The molecule has 0 amide bonds. The van der Waals surface area contributed by atoms with E-state index in [-0.39, 0.29) is 0 Å². The van der Waals surface area contributed by atoms with Gasteiger partial charge in [-0.25, -0.2) is 4.68 Å². The van der Waals surface area contributed by atoms with Gasteiger partial charge >= 0.3 is 0 Å². The van der Waals surface area contributed by atoms with Crippen molar-refractivity contribution in [2.24, 2.45) is 0 Å². The van der Waals surface area contributed by atoms with Gasteiger partial charge < -0.3 is 5.73 Å². The lowest BCUT2D eigenvalue weighted by Gasteiger charge is -2.01. The highest BCUT2D eigenvalue weighted by Gasteiger charge is 2.07. The highest BCUT2D eigenvalue weighted by atomic mass is 35.5. The lowest BCUT2D eigenvalue weighted by atomic mass is 10.1. The molecule has 2 N–H and O–H groups in total. The van der Waals surface area contributed by atoms with E-state index in [2.05, 4.69) is 10.3 Å². The van der Waals surface area contributed by atoms with Crippen molar-refractivity contribution in [2.75, 3.05) is 5.73 Å². The Morgan fingerprint density at radius 1 is 1.00 bits per heavy atom. The minimum Gasteiger partial charge on any atom is -0.399 e. The summed E-state index contributed by atoms with van der Waals surface area (Å²) in [6.07, 6.45) is 1.80. The number of hydrogen-bond acceptors (Lipinski definition) is 3. The predicted molar refractivity (Wildman–Crippen MR) is 81.2 cm³/mol. The second-order valence-corrected chi connectivity index (χ2v) is 5.17. The summed E-state index contributed by atoms with van der Waals surface area (Å²) < 4.78 is 1.62. The molecule has 0 spiro atoms.